The second-order valence-corrected chi connectivity index (χ2v) is 4.36. The smallest absolute Gasteiger partial charge is 0.141 e. The fourth-order valence-corrected chi connectivity index (χ4v) is 2.19. The average Bonchev–Trinajstić information content (AvgIpc) is 2.30. The summed E-state index contributed by atoms with van der Waals surface area (Å²) in [6.07, 6.45) is 4.01. The van der Waals surface area contributed by atoms with Crippen molar-refractivity contribution in [1.29, 1.82) is 0 Å². The SMILES string of the molecule is CCN1CCC(O)(c2cncc(F)c2)CC1. The zero-order chi connectivity index (χ0) is 11.6. The van der Waals surface area contributed by atoms with Gasteiger partial charge in [-0.25, -0.2) is 4.39 Å². The minimum absolute atomic E-state index is 0.385. The predicted octanol–water partition coefficient (Wildman–Crippen LogP) is 1.52. The summed E-state index contributed by atoms with van der Waals surface area (Å²) >= 11 is 0. The number of aromatic nitrogens is 1. The first-order valence-electron chi connectivity index (χ1n) is 5.70. The monoisotopic (exact) mass is 224 g/mol. The molecule has 16 heavy (non-hydrogen) atoms. The van der Waals surface area contributed by atoms with E-state index >= 15 is 0 Å². The maximum Gasteiger partial charge on any atom is 0.141 e. The van der Waals surface area contributed by atoms with Crippen molar-refractivity contribution in [3.05, 3.63) is 29.8 Å². The summed E-state index contributed by atoms with van der Waals surface area (Å²) in [5, 5.41) is 10.4. The highest BCUT2D eigenvalue weighted by molar-refractivity contribution is 5.19. The average molecular weight is 224 g/mol. The van der Waals surface area contributed by atoms with Gasteiger partial charge in [0, 0.05) is 24.8 Å². The fourth-order valence-electron chi connectivity index (χ4n) is 2.19. The molecule has 1 aliphatic heterocycles. The Kier molecular flexibility index (Phi) is 3.21. The van der Waals surface area contributed by atoms with Crippen molar-refractivity contribution in [2.24, 2.45) is 0 Å². The zero-order valence-corrected chi connectivity index (χ0v) is 9.49. The number of pyridine rings is 1. The summed E-state index contributed by atoms with van der Waals surface area (Å²) in [7, 11) is 0. The van der Waals surface area contributed by atoms with Gasteiger partial charge in [0.2, 0.25) is 0 Å². The molecule has 2 heterocycles. The van der Waals surface area contributed by atoms with Crippen LogP contribution in [0.3, 0.4) is 0 Å². The summed E-state index contributed by atoms with van der Waals surface area (Å²) in [5.41, 5.74) is -0.302. The van der Waals surface area contributed by atoms with E-state index in [1.54, 1.807) is 6.20 Å². The van der Waals surface area contributed by atoms with Crippen LogP contribution < -0.4 is 0 Å². The highest BCUT2D eigenvalue weighted by Crippen LogP contribution is 2.32. The van der Waals surface area contributed by atoms with Crippen molar-refractivity contribution in [2.75, 3.05) is 19.6 Å². The Morgan fingerprint density at radius 2 is 2.12 bits per heavy atom. The molecule has 0 bridgehead atoms. The van der Waals surface area contributed by atoms with Gasteiger partial charge < -0.3 is 10.0 Å². The molecule has 1 N–H and O–H groups in total. The van der Waals surface area contributed by atoms with Crippen LogP contribution in [0, 0.1) is 5.82 Å². The van der Waals surface area contributed by atoms with Crippen LogP contribution in [-0.2, 0) is 5.60 Å². The van der Waals surface area contributed by atoms with E-state index in [0.29, 0.717) is 18.4 Å². The number of hydrogen-bond donors (Lipinski definition) is 1. The van der Waals surface area contributed by atoms with Crippen LogP contribution in [0.1, 0.15) is 25.3 Å². The maximum atomic E-state index is 13.1. The molecule has 1 aromatic rings. The summed E-state index contributed by atoms with van der Waals surface area (Å²) in [5.74, 6) is -0.385. The molecular weight excluding hydrogens is 207 g/mol. The lowest BCUT2D eigenvalue weighted by Crippen LogP contribution is -2.42. The molecule has 0 saturated carbocycles. The van der Waals surface area contributed by atoms with Gasteiger partial charge >= 0.3 is 0 Å². The number of rotatable bonds is 2. The van der Waals surface area contributed by atoms with Gasteiger partial charge in [0.15, 0.2) is 0 Å². The molecule has 1 fully saturated rings. The first-order valence-corrected chi connectivity index (χ1v) is 5.70. The van der Waals surface area contributed by atoms with Gasteiger partial charge in [0.1, 0.15) is 5.82 Å². The Bertz CT molecular complexity index is 362. The van der Waals surface area contributed by atoms with Crippen molar-refractivity contribution >= 4 is 0 Å². The number of nitrogens with zero attached hydrogens (tertiary/aromatic N) is 2. The molecule has 0 amide bonds. The van der Waals surface area contributed by atoms with Gasteiger partial charge in [0.25, 0.3) is 0 Å². The highest BCUT2D eigenvalue weighted by Gasteiger charge is 2.33. The van der Waals surface area contributed by atoms with Gasteiger partial charge in [-0.05, 0) is 25.5 Å². The quantitative estimate of drug-likeness (QED) is 0.827. The molecule has 1 aromatic heterocycles. The van der Waals surface area contributed by atoms with Gasteiger partial charge in [-0.2, -0.15) is 0 Å². The third-order valence-electron chi connectivity index (χ3n) is 3.37. The number of aliphatic hydroxyl groups is 1. The molecule has 3 nitrogen and oxygen atoms in total. The number of hydrogen-bond acceptors (Lipinski definition) is 3. The van der Waals surface area contributed by atoms with E-state index in [9.17, 15) is 9.50 Å². The Balaban J connectivity index is 2.15. The minimum atomic E-state index is -0.902. The lowest BCUT2D eigenvalue weighted by molar-refractivity contribution is -0.0251. The second-order valence-electron chi connectivity index (χ2n) is 4.36. The Morgan fingerprint density at radius 1 is 1.44 bits per heavy atom. The van der Waals surface area contributed by atoms with E-state index in [2.05, 4.69) is 16.8 Å². The standard InChI is InChI=1S/C12H17FN2O/c1-2-15-5-3-12(16,4-6-15)10-7-11(13)9-14-8-10/h7-9,16H,2-6H2,1H3. The van der Waals surface area contributed by atoms with Crippen molar-refractivity contribution in [3.8, 4) is 0 Å². The molecule has 1 aliphatic rings. The molecular formula is C12H17FN2O. The largest absolute Gasteiger partial charge is 0.385 e. The molecule has 4 heteroatoms. The molecule has 0 radical (unpaired) electrons. The van der Waals surface area contributed by atoms with Crippen LogP contribution in [0.25, 0.3) is 0 Å². The van der Waals surface area contributed by atoms with Crippen molar-refractivity contribution < 1.29 is 9.50 Å². The van der Waals surface area contributed by atoms with Crippen LogP contribution in [-0.4, -0.2) is 34.6 Å². The Labute approximate surface area is 94.9 Å². The van der Waals surface area contributed by atoms with E-state index in [0.717, 1.165) is 25.8 Å². The van der Waals surface area contributed by atoms with E-state index < -0.39 is 5.60 Å². The molecule has 0 aliphatic carbocycles. The third kappa shape index (κ3) is 2.23. The zero-order valence-electron chi connectivity index (χ0n) is 9.49. The Hall–Kier alpha value is -1.00. The number of piperidine rings is 1. The van der Waals surface area contributed by atoms with Crippen molar-refractivity contribution in [3.63, 3.8) is 0 Å². The summed E-state index contributed by atoms with van der Waals surface area (Å²) in [6, 6.07) is 1.38. The predicted molar refractivity (Wildman–Crippen MR) is 59.4 cm³/mol. The van der Waals surface area contributed by atoms with Crippen molar-refractivity contribution in [1.82, 2.24) is 9.88 Å². The molecule has 0 aromatic carbocycles. The number of halogens is 1. The highest BCUT2D eigenvalue weighted by atomic mass is 19.1. The van der Waals surface area contributed by atoms with E-state index in [1.807, 2.05) is 0 Å². The molecule has 0 spiro atoms. The Morgan fingerprint density at radius 3 is 2.69 bits per heavy atom. The van der Waals surface area contributed by atoms with Crippen LogP contribution in [0.5, 0.6) is 0 Å². The first-order chi connectivity index (χ1) is 7.64. The van der Waals surface area contributed by atoms with Crippen LogP contribution >= 0.6 is 0 Å². The second kappa shape index (κ2) is 4.47. The molecule has 2 rings (SSSR count). The van der Waals surface area contributed by atoms with Gasteiger partial charge in [-0.15, -0.1) is 0 Å². The minimum Gasteiger partial charge on any atom is -0.385 e. The van der Waals surface area contributed by atoms with E-state index in [4.69, 9.17) is 0 Å². The lowest BCUT2D eigenvalue weighted by atomic mass is 9.85. The molecule has 1 saturated heterocycles. The van der Waals surface area contributed by atoms with Crippen LogP contribution in [0.4, 0.5) is 4.39 Å². The molecule has 0 atom stereocenters. The third-order valence-corrected chi connectivity index (χ3v) is 3.37. The summed E-state index contributed by atoms with van der Waals surface area (Å²) in [6.45, 7) is 4.80. The number of likely N-dealkylation sites (tertiary alicyclic amines) is 1. The topological polar surface area (TPSA) is 36.4 Å². The van der Waals surface area contributed by atoms with E-state index in [1.165, 1.54) is 6.07 Å². The fraction of sp³-hybridized carbons (Fsp3) is 0.583. The van der Waals surface area contributed by atoms with Crippen LogP contribution in [0.15, 0.2) is 18.5 Å². The van der Waals surface area contributed by atoms with E-state index in [-0.39, 0.29) is 5.82 Å². The summed E-state index contributed by atoms with van der Waals surface area (Å²) < 4.78 is 13.1. The first kappa shape index (κ1) is 11.5. The van der Waals surface area contributed by atoms with Crippen molar-refractivity contribution in [2.45, 2.75) is 25.4 Å². The van der Waals surface area contributed by atoms with Gasteiger partial charge in [-0.3, -0.25) is 4.98 Å². The molecule has 88 valence electrons. The normalized spacial score (nSPS) is 20.9. The van der Waals surface area contributed by atoms with Crippen LogP contribution in [0.2, 0.25) is 0 Å². The molecule has 0 unspecified atom stereocenters. The summed E-state index contributed by atoms with van der Waals surface area (Å²) in [4.78, 5) is 6.07. The lowest BCUT2D eigenvalue weighted by Gasteiger charge is -2.37. The van der Waals surface area contributed by atoms with Gasteiger partial charge in [0.05, 0.1) is 11.8 Å². The maximum absolute atomic E-state index is 13.1. The van der Waals surface area contributed by atoms with Gasteiger partial charge in [-0.1, -0.05) is 6.92 Å².